The first-order valence-electron chi connectivity index (χ1n) is 16.5. The Labute approximate surface area is 273 Å². The Hall–Kier alpha value is -0.940. The number of hydrogen-bond donors (Lipinski definition) is 2. The summed E-state index contributed by atoms with van der Waals surface area (Å²) < 4.78 is 110. The van der Waals surface area contributed by atoms with Gasteiger partial charge >= 0.3 is 11.0 Å². The third-order valence-electron chi connectivity index (χ3n) is 7.56. The summed E-state index contributed by atoms with van der Waals surface area (Å²) in [6.07, 6.45) is 28.6. The number of alkyl halides is 6. The normalized spacial score (nSPS) is 13.3. The molecule has 0 spiro atoms. The zero-order chi connectivity index (χ0) is 35.6. The Bertz CT molecular complexity index is 927. The molecule has 46 heavy (non-hydrogen) atoms. The van der Waals surface area contributed by atoms with Gasteiger partial charge < -0.3 is 18.8 Å². The fourth-order valence-corrected chi connectivity index (χ4v) is 6.59. The Morgan fingerprint density at radius 3 is 1.15 bits per heavy atom. The summed E-state index contributed by atoms with van der Waals surface area (Å²) >= 11 is 0. The molecule has 0 saturated heterocycles. The minimum atomic E-state index is -6.72. The van der Waals surface area contributed by atoms with Gasteiger partial charge in [-0.3, -0.25) is 0 Å². The zero-order valence-corrected chi connectivity index (χ0v) is 29.3. The monoisotopic (exact) mass is 720 g/mol. The van der Waals surface area contributed by atoms with E-state index in [2.05, 4.69) is 26.0 Å². The molecule has 0 aromatic rings. The van der Waals surface area contributed by atoms with Gasteiger partial charge in [-0.2, -0.15) is 26.3 Å². The Morgan fingerprint density at radius 1 is 0.522 bits per heavy atom. The van der Waals surface area contributed by atoms with Crippen molar-refractivity contribution in [3.8, 4) is 0 Å². The molecule has 278 valence electrons. The minimum Gasteiger partial charge on any atom is -0.421 e. The molecule has 2 N–H and O–H groups in total. The summed E-state index contributed by atoms with van der Waals surface area (Å²) in [6.45, 7) is 8.84. The van der Waals surface area contributed by atoms with Crippen molar-refractivity contribution in [2.24, 2.45) is 0 Å². The summed E-state index contributed by atoms with van der Waals surface area (Å²) in [5.41, 5.74) is -12.4. The lowest BCUT2D eigenvalue weighted by molar-refractivity contribution is -0.929. The summed E-state index contributed by atoms with van der Waals surface area (Å²) in [5, 5.41) is 19.1. The van der Waals surface area contributed by atoms with Crippen molar-refractivity contribution in [3.63, 3.8) is 0 Å². The highest BCUT2D eigenvalue weighted by Crippen LogP contribution is 2.36. The van der Waals surface area contributed by atoms with Crippen LogP contribution in [0, 0.1) is 0 Å². The first kappa shape index (κ1) is 47.2. The molecular weight excluding hydrogens is 662 g/mol. The van der Waals surface area contributed by atoms with E-state index in [1.165, 1.54) is 116 Å². The van der Waals surface area contributed by atoms with Crippen LogP contribution in [-0.2, 0) is 20.0 Å². The van der Waals surface area contributed by atoms with Gasteiger partial charge in [0.15, 0.2) is 20.0 Å². The van der Waals surface area contributed by atoms with E-state index in [1.54, 1.807) is 0 Å². The molecule has 0 heterocycles. The molecule has 0 aliphatic heterocycles. The molecule has 0 aromatic carbocycles. The molecule has 0 bridgehead atoms. The van der Waals surface area contributed by atoms with Gasteiger partial charge in [0.2, 0.25) is 0 Å². The molecule has 0 fully saturated rings. The average Bonchev–Trinajstić information content (AvgIpc) is 2.94. The van der Waals surface area contributed by atoms with E-state index in [4.69, 9.17) is 0 Å². The lowest BCUT2D eigenvalue weighted by atomic mass is 10.1. The van der Waals surface area contributed by atoms with Crippen LogP contribution in [0.2, 0.25) is 0 Å². The van der Waals surface area contributed by atoms with Gasteiger partial charge in [0.1, 0.15) is 13.1 Å². The van der Waals surface area contributed by atoms with Crippen molar-refractivity contribution < 1.29 is 57.9 Å². The van der Waals surface area contributed by atoms with Gasteiger partial charge in [-0.1, -0.05) is 90.2 Å². The fourth-order valence-electron chi connectivity index (χ4n) is 4.88. The maximum atomic E-state index is 11.4. The van der Waals surface area contributed by atoms with Gasteiger partial charge in [-0.05, 0) is 51.4 Å². The van der Waals surface area contributed by atoms with E-state index in [1.807, 2.05) is 0 Å². The van der Waals surface area contributed by atoms with Crippen LogP contribution < -0.4 is 0 Å². The standard InChI is InChI=1S/C28H58NO2.C2F6NO4S2/c1-3-5-7-9-10-11-12-13-14-15-16-17-18-19-20-22-24-29(25-27-30,26-28-31)23-21-8-6-4-2;3-1(4,5)14(10,11)9-15(12,13)2(6,7)8/h13-14,30-31H,3-12,15-28H2,1-2H3;/q+1;-1/b14-13-;. The van der Waals surface area contributed by atoms with E-state index in [9.17, 15) is 53.4 Å². The van der Waals surface area contributed by atoms with Gasteiger partial charge in [-0.25, -0.2) is 16.8 Å². The third-order valence-corrected chi connectivity index (χ3v) is 10.3. The van der Waals surface area contributed by atoms with Crippen molar-refractivity contribution in [1.82, 2.24) is 0 Å². The quantitative estimate of drug-likeness (QED) is 0.0380. The molecular formula is C30H58F6N2O6S2. The molecule has 0 aliphatic rings. The van der Waals surface area contributed by atoms with Gasteiger partial charge in [0.05, 0.1) is 26.3 Å². The van der Waals surface area contributed by atoms with Crippen LogP contribution in [0.15, 0.2) is 12.2 Å². The molecule has 0 rings (SSSR count). The number of aliphatic hydroxyl groups excluding tert-OH is 2. The van der Waals surface area contributed by atoms with Crippen LogP contribution in [0.4, 0.5) is 26.3 Å². The van der Waals surface area contributed by atoms with Gasteiger partial charge in [0, 0.05) is 0 Å². The van der Waals surface area contributed by atoms with Gasteiger partial charge in [-0.15, -0.1) is 0 Å². The Morgan fingerprint density at radius 2 is 0.826 bits per heavy atom. The first-order chi connectivity index (χ1) is 21.4. The number of hydrogen-bond acceptors (Lipinski definition) is 6. The molecule has 8 nitrogen and oxygen atoms in total. The van der Waals surface area contributed by atoms with E-state index in [0.29, 0.717) is 0 Å². The topological polar surface area (TPSA) is 123 Å². The molecule has 0 saturated carbocycles. The molecule has 0 atom stereocenters. The third kappa shape index (κ3) is 23.4. The highest BCUT2D eigenvalue weighted by Gasteiger charge is 2.47. The van der Waals surface area contributed by atoms with Crippen LogP contribution in [0.5, 0.6) is 0 Å². The molecule has 0 aliphatic carbocycles. The van der Waals surface area contributed by atoms with E-state index < -0.39 is 31.1 Å². The summed E-state index contributed by atoms with van der Waals surface area (Å²) in [5.74, 6) is 0. The van der Waals surface area contributed by atoms with Crippen LogP contribution in [-0.4, -0.2) is 81.9 Å². The smallest absolute Gasteiger partial charge is 0.421 e. The molecule has 0 amide bonds. The number of unbranched alkanes of at least 4 members (excludes halogenated alkanes) is 15. The Kier molecular flexibility index (Phi) is 26.7. The van der Waals surface area contributed by atoms with Crippen molar-refractivity contribution in [2.45, 2.75) is 140 Å². The Balaban J connectivity index is 0. The lowest BCUT2D eigenvalue weighted by Crippen LogP contribution is -2.52. The maximum Gasteiger partial charge on any atom is 0.480 e. The van der Waals surface area contributed by atoms with Crippen LogP contribution in [0.1, 0.15) is 129 Å². The number of quaternary nitrogens is 1. The average molecular weight is 721 g/mol. The lowest BCUT2D eigenvalue weighted by Gasteiger charge is -2.38. The highest BCUT2D eigenvalue weighted by molar-refractivity contribution is 8.13. The number of aliphatic hydroxyl groups is 2. The van der Waals surface area contributed by atoms with Crippen LogP contribution >= 0.6 is 0 Å². The molecule has 0 unspecified atom stereocenters. The number of allylic oxidation sites excluding steroid dienone is 2. The second kappa shape index (κ2) is 26.0. The van der Waals surface area contributed by atoms with Crippen molar-refractivity contribution >= 4 is 20.0 Å². The first-order valence-corrected chi connectivity index (χ1v) is 19.4. The van der Waals surface area contributed by atoms with E-state index >= 15 is 0 Å². The molecule has 16 heteroatoms. The van der Waals surface area contributed by atoms with Crippen molar-refractivity contribution in [1.29, 1.82) is 0 Å². The number of rotatable bonds is 27. The summed E-state index contributed by atoms with van der Waals surface area (Å²) in [7, 11) is -13.4. The summed E-state index contributed by atoms with van der Waals surface area (Å²) in [4.78, 5) is 0. The second-order valence-electron chi connectivity index (χ2n) is 11.6. The van der Waals surface area contributed by atoms with Crippen LogP contribution in [0.25, 0.3) is 4.13 Å². The highest BCUT2D eigenvalue weighted by atomic mass is 32.3. The molecule has 0 aromatic heterocycles. The van der Waals surface area contributed by atoms with Crippen LogP contribution in [0.3, 0.4) is 0 Å². The minimum absolute atomic E-state index is 0.236. The second-order valence-corrected chi connectivity index (χ2v) is 15.0. The van der Waals surface area contributed by atoms with Crippen molar-refractivity contribution in [3.05, 3.63) is 16.3 Å². The van der Waals surface area contributed by atoms with Gasteiger partial charge in [0.25, 0.3) is 0 Å². The zero-order valence-electron chi connectivity index (χ0n) is 27.6. The maximum absolute atomic E-state index is 11.4. The number of halogens is 6. The molecule has 0 radical (unpaired) electrons. The van der Waals surface area contributed by atoms with E-state index in [0.717, 1.165) is 34.8 Å². The van der Waals surface area contributed by atoms with Crippen molar-refractivity contribution in [2.75, 3.05) is 39.4 Å². The summed E-state index contributed by atoms with van der Waals surface area (Å²) in [6, 6.07) is 0. The largest absolute Gasteiger partial charge is 0.480 e. The predicted octanol–water partition coefficient (Wildman–Crippen LogP) is 8.46. The SMILES string of the molecule is CCCCCCCC/C=C\CCCCCCCC[N+](CCO)(CCO)CCCCCC.O=S(=O)([N-]S(=O)(=O)C(F)(F)F)C(F)(F)F. The number of nitrogens with zero attached hydrogens (tertiary/aromatic N) is 2. The number of sulfonamides is 2. The fraction of sp³-hybridized carbons (Fsp3) is 0.933. The predicted molar refractivity (Wildman–Crippen MR) is 171 cm³/mol. The van der Waals surface area contributed by atoms with E-state index in [-0.39, 0.29) is 13.2 Å².